The maximum absolute atomic E-state index is 13.1. The summed E-state index contributed by atoms with van der Waals surface area (Å²) in [6, 6.07) is 16.1. The second kappa shape index (κ2) is 7.40. The van der Waals surface area contributed by atoms with E-state index in [0.29, 0.717) is 11.8 Å². The molecule has 0 fully saturated rings. The molecular formula is C21H26O. The van der Waals surface area contributed by atoms with Crippen molar-refractivity contribution in [3.05, 3.63) is 70.8 Å². The van der Waals surface area contributed by atoms with Crippen molar-refractivity contribution >= 4 is 5.78 Å². The fourth-order valence-corrected chi connectivity index (χ4v) is 2.85. The summed E-state index contributed by atoms with van der Waals surface area (Å²) in [6.07, 6.45) is 2.08. The Hall–Kier alpha value is -1.89. The van der Waals surface area contributed by atoms with E-state index in [1.54, 1.807) is 0 Å². The molecule has 0 aromatic heterocycles. The van der Waals surface area contributed by atoms with Crippen LogP contribution in [0, 0.1) is 0 Å². The molecule has 0 saturated carbocycles. The van der Waals surface area contributed by atoms with Gasteiger partial charge >= 0.3 is 0 Å². The Labute approximate surface area is 134 Å². The molecule has 2 rings (SSSR count). The lowest BCUT2D eigenvalue weighted by Crippen LogP contribution is -2.11. The van der Waals surface area contributed by atoms with Gasteiger partial charge in [-0.2, -0.15) is 0 Å². The Bertz CT molecular complexity index is 586. The molecule has 2 atom stereocenters. The number of carbonyl (C=O) groups excluding carboxylic acids is 1. The van der Waals surface area contributed by atoms with Crippen LogP contribution < -0.4 is 0 Å². The summed E-state index contributed by atoms with van der Waals surface area (Å²) >= 11 is 0. The smallest absolute Gasteiger partial charge is 0.193 e. The molecular weight excluding hydrogens is 268 g/mol. The third kappa shape index (κ3) is 3.30. The molecule has 2 aromatic rings. The Morgan fingerprint density at radius 1 is 0.773 bits per heavy atom. The normalized spacial score (nSPS) is 13.6. The molecule has 1 nitrogen and oxygen atoms in total. The number of hydrogen-bond acceptors (Lipinski definition) is 1. The van der Waals surface area contributed by atoms with Gasteiger partial charge in [0.2, 0.25) is 0 Å². The molecule has 0 aliphatic rings. The number of ketones is 1. The monoisotopic (exact) mass is 294 g/mol. The molecule has 22 heavy (non-hydrogen) atoms. The Kier molecular flexibility index (Phi) is 5.54. The summed E-state index contributed by atoms with van der Waals surface area (Å²) < 4.78 is 0. The second-order valence-corrected chi connectivity index (χ2v) is 6.12. The molecule has 0 radical (unpaired) electrons. The molecule has 0 bridgehead atoms. The van der Waals surface area contributed by atoms with Crippen LogP contribution in [0.1, 0.15) is 79.4 Å². The lowest BCUT2D eigenvalue weighted by molar-refractivity contribution is 0.103. The van der Waals surface area contributed by atoms with Crippen LogP contribution in [-0.4, -0.2) is 5.78 Å². The molecule has 0 aliphatic carbocycles. The predicted molar refractivity (Wildman–Crippen MR) is 93.7 cm³/mol. The molecule has 2 unspecified atom stereocenters. The third-order valence-electron chi connectivity index (χ3n) is 4.70. The van der Waals surface area contributed by atoms with Crippen LogP contribution in [0.4, 0.5) is 0 Å². The van der Waals surface area contributed by atoms with Crippen molar-refractivity contribution in [1.29, 1.82) is 0 Å². The van der Waals surface area contributed by atoms with Crippen molar-refractivity contribution < 1.29 is 4.79 Å². The van der Waals surface area contributed by atoms with Gasteiger partial charge in [-0.25, -0.2) is 0 Å². The summed E-state index contributed by atoms with van der Waals surface area (Å²) in [6.45, 7) is 8.71. The van der Waals surface area contributed by atoms with Crippen LogP contribution >= 0.6 is 0 Å². The third-order valence-corrected chi connectivity index (χ3v) is 4.70. The minimum atomic E-state index is 0.159. The SMILES string of the molecule is CCC(C)c1ccccc1C(=O)c1ccccc1C(C)CC. The molecule has 1 heteroatoms. The van der Waals surface area contributed by atoms with E-state index in [-0.39, 0.29) is 5.78 Å². The van der Waals surface area contributed by atoms with Crippen LogP contribution in [0.15, 0.2) is 48.5 Å². The largest absolute Gasteiger partial charge is 0.289 e. The zero-order chi connectivity index (χ0) is 16.1. The minimum absolute atomic E-state index is 0.159. The van der Waals surface area contributed by atoms with Gasteiger partial charge in [-0.05, 0) is 35.8 Å². The first kappa shape index (κ1) is 16.5. The number of hydrogen-bond donors (Lipinski definition) is 0. The second-order valence-electron chi connectivity index (χ2n) is 6.12. The lowest BCUT2D eigenvalue weighted by atomic mass is 9.86. The first-order chi connectivity index (χ1) is 10.6. The lowest BCUT2D eigenvalue weighted by Gasteiger charge is -2.17. The first-order valence-electron chi connectivity index (χ1n) is 8.32. The van der Waals surface area contributed by atoms with Crippen molar-refractivity contribution in [2.45, 2.75) is 52.4 Å². The van der Waals surface area contributed by atoms with E-state index < -0.39 is 0 Å². The van der Waals surface area contributed by atoms with E-state index in [1.807, 2.05) is 36.4 Å². The highest BCUT2D eigenvalue weighted by Gasteiger charge is 2.20. The first-order valence-corrected chi connectivity index (χ1v) is 8.32. The standard InChI is InChI=1S/C21H26O/c1-5-15(3)17-11-7-9-13-19(17)21(22)20-14-10-8-12-18(20)16(4)6-2/h7-16H,5-6H2,1-4H3. The van der Waals surface area contributed by atoms with Gasteiger partial charge in [-0.3, -0.25) is 4.79 Å². The Morgan fingerprint density at radius 2 is 1.14 bits per heavy atom. The quantitative estimate of drug-likeness (QED) is 0.602. The van der Waals surface area contributed by atoms with Crippen LogP contribution in [0.3, 0.4) is 0 Å². The number of rotatable bonds is 6. The zero-order valence-electron chi connectivity index (χ0n) is 14.1. The van der Waals surface area contributed by atoms with Gasteiger partial charge in [0.05, 0.1) is 0 Å². The molecule has 0 N–H and O–H groups in total. The van der Waals surface area contributed by atoms with E-state index in [2.05, 4.69) is 39.8 Å². The average Bonchev–Trinajstić information content (AvgIpc) is 2.59. The molecule has 0 saturated heterocycles. The highest BCUT2D eigenvalue weighted by Crippen LogP contribution is 2.28. The van der Waals surface area contributed by atoms with Crippen molar-refractivity contribution in [3.8, 4) is 0 Å². The van der Waals surface area contributed by atoms with Gasteiger partial charge in [-0.15, -0.1) is 0 Å². The molecule has 0 heterocycles. The number of carbonyl (C=O) groups is 1. The summed E-state index contributed by atoms with van der Waals surface area (Å²) in [5.74, 6) is 0.957. The fourth-order valence-electron chi connectivity index (χ4n) is 2.85. The molecule has 0 amide bonds. The average molecular weight is 294 g/mol. The van der Waals surface area contributed by atoms with Crippen molar-refractivity contribution in [2.75, 3.05) is 0 Å². The van der Waals surface area contributed by atoms with E-state index >= 15 is 0 Å². The van der Waals surface area contributed by atoms with Crippen molar-refractivity contribution in [2.24, 2.45) is 0 Å². The summed E-state index contributed by atoms with van der Waals surface area (Å²) in [5.41, 5.74) is 4.03. The molecule has 0 aliphatic heterocycles. The highest BCUT2D eigenvalue weighted by atomic mass is 16.1. The van der Waals surface area contributed by atoms with E-state index in [9.17, 15) is 4.79 Å². The topological polar surface area (TPSA) is 17.1 Å². The van der Waals surface area contributed by atoms with E-state index in [4.69, 9.17) is 0 Å². The van der Waals surface area contributed by atoms with Gasteiger partial charge in [0.15, 0.2) is 5.78 Å². The Balaban J connectivity index is 2.50. The van der Waals surface area contributed by atoms with Crippen LogP contribution in [0.2, 0.25) is 0 Å². The van der Waals surface area contributed by atoms with Crippen LogP contribution in [-0.2, 0) is 0 Å². The van der Waals surface area contributed by atoms with Crippen molar-refractivity contribution in [1.82, 2.24) is 0 Å². The summed E-state index contributed by atoms with van der Waals surface area (Å²) in [5, 5.41) is 0. The van der Waals surface area contributed by atoms with Crippen LogP contribution in [0.5, 0.6) is 0 Å². The maximum atomic E-state index is 13.1. The fraction of sp³-hybridized carbons (Fsp3) is 0.381. The van der Waals surface area contributed by atoms with Gasteiger partial charge in [0.1, 0.15) is 0 Å². The van der Waals surface area contributed by atoms with Gasteiger partial charge in [0.25, 0.3) is 0 Å². The van der Waals surface area contributed by atoms with Gasteiger partial charge in [-0.1, -0.05) is 76.2 Å². The van der Waals surface area contributed by atoms with Crippen LogP contribution in [0.25, 0.3) is 0 Å². The maximum Gasteiger partial charge on any atom is 0.193 e. The minimum Gasteiger partial charge on any atom is -0.289 e. The Morgan fingerprint density at radius 3 is 1.50 bits per heavy atom. The zero-order valence-corrected chi connectivity index (χ0v) is 14.1. The van der Waals surface area contributed by atoms with E-state index in [0.717, 1.165) is 35.1 Å². The van der Waals surface area contributed by atoms with Gasteiger partial charge < -0.3 is 0 Å². The number of benzene rings is 2. The van der Waals surface area contributed by atoms with Crippen molar-refractivity contribution in [3.63, 3.8) is 0 Å². The van der Waals surface area contributed by atoms with E-state index in [1.165, 1.54) is 0 Å². The summed E-state index contributed by atoms with van der Waals surface area (Å²) in [4.78, 5) is 13.1. The molecule has 0 spiro atoms. The van der Waals surface area contributed by atoms with Gasteiger partial charge in [0, 0.05) is 11.1 Å². The molecule has 2 aromatic carbocycles. The highest BCUT2D eigenvalue weighted by molar-refractivity contribution is 6.11. The molecule has 116 valence electrons. The summed E-state index contributed by atoms with van der Waals surface area (Å²) in [7, 11) is 0. The predicted octanol–water partition coefficient (Wildman–Crippen LogP) is 5.94.